The molecule has 48 heavy (non-hydrogen) atoms. The monoisotopic (exact) mass is 614 g/mol. The van der Waals surface area contributed by atoms with Crippen molar-refractivity contribution < 1.29 is 0 Å². The molecule has 0 bridgehead atoms. The first kappa shape index (κ1) is 31.7. The van der Waals surface area contributed by atoms with Gasteiger partial charge >= 0.3 is 0 Å². The Morgan fingerprint density at radius 2 is 0.604 bits per heavy atom. The molecule has 0 aliphatic heterocycles. The van der Waals surface area contributed by atoms with Crippen LogP contribution in [-0.2, 0) is 0 Å². The summed E-state index contributed by atoms with van der Waals surface area (Å²) in [6.07, 6.45) is 13.5. The molecule has 0 atom stereocenters. The summed E-state index contributed by atoms with van der Waals surface area (Å²) in [5.74, 6) is 0. The highest BCUT2D eigenvalue weighted by molar-refractivity contribution is 5.98. The highest BCUT2D eigenvalue weighted by atomic mass is 14.1. The van der Waals surface area contributed by atoms with Gasteiger partial charge in [-0.3, -0.25) is 0 Å². The van der Waals surface area contributed by atoms with Gasteiger partial charge in [-0.2, -0.15) is 0 Å². The standard InChI is InChI=1S/C48H38/c1-38(40-22-10-3-11-23-40)34-46(42-26-14-5-15-27-42)36-48(44-30-18-7-19-31-44)37-47(43-28-16-6-17-29-43)35-45(41-24-12-4-13-25-41)33-32-39-20-8-2-9-21-39/h2-37H,1H2/b33-32+,45-35+,46-34+,47-37+,48-36+. The SMILES string of the molecule is C=C(\C=C(/C=C(\C=C(/C=C(\C=C\c1ccccc1)c1ccccc1)c1ccccc1)c1ccccc1)c1ccccc1)c1ccccc1. The van der Waals surface area contributed by atoms with Gasteiger partial charge in [0, 0.05) is 0 Å². The zero-order valence-electron chi connectivity index (χ0n) is 27.0. The number of rotatable bonds is 11. The summed E-state index contributed by atoms with van der Waals surface area (Å²) >= 11 is 0. The molecule has 6 rings (SSSR count). The molecule has 0 radical (unpaired) electrons. The zero-order valence-corrected chi connectivity index (χ0v) is 27.0. The Kier molecular flexibility index (Phi) is 10.8. The normalized spacial score (nSPS) is 12.7. The Labute approximate surface area is 285 Å². The summed E-state index contributed by atoms with van der Waals surface area (Å²) in [7, 11) is 0. The number of allylic oxidation sites excluding steroid dienone is 10. The van der Waals surface area contributed by atoms with Gasteiger partial charge in [0.2, 0.25) is 0 Å². The first-order valence-corrected chi connectivity index (χ1v) is 16.3. The topological polar surface area (TPSA) is 0 Å². The maximum atomic E-state index is 4.46. The van der Waals surface area contributed by atoms with Gasteiger partial charge in [-0.25, -0.2) is 0 Å². The molecule has 0 spiro atoms. The molecule has 0 aromatic heterocycles. The lowest BCUT2D eigenvalue weighted by atomic mass is 9.92. The second-order valence-electron chi connectivity index (χ2n) is 11.5. The Bertz CT molecular complexity index is 2060. The Hall–Kier alpha value is -6.24. The first-order valence-electron chi connectivity index (χ1n) is 16.3. The summed E-state index contributed by atoms with van der Waals surface area (Å²) in [6, 6.07) is 63.2. The molecular weight excluding hydrogens is 577 g/mol. The molecule has 0 unspecified atom stereocenters. The van der Waals surface area contributed by atoms with E-state index in [0.29, 0.717) is 0 Å². The predicted octanol–water partition coefficient (Wildman–Crippen LogP) is 12.7. The average molecular weight is 615 g/mol. The molecular formula is C48H38. The number of hydrogen-bond donors (Lipinski definition) is 0. The van der Waals surface area contributed by atoms with Crippen LogP contribution in [-0.4, -0.2) is 0 Å². The summed E-state index contributed by atoms with van der Waals surface area (Å²) in [4.78, 5) is 0. The van der Waals surface area contributed by atoms with Crippen molar-refractivity contribution in [3.63, 3.8) is 0 Å². The lowest BCUT2D eigenvalue weighted by molar-refractivity contribution is 1.57. The third-order valence-corrected chi connectivity index (χ3v) is 8.09. The van der Waals surface area contributed by atoms with E-state index in [1.54, 1.807) is 0 Å². The summed E-state index contributed by atoms with van der Waals surface area (Å²) in [5, 5.41) is 0. The highest BCUT2D eigenvalue weighted by Crippen LogP contribution is 2.31. The van der Waals surface area contributed by atoms with E-state index >= 15 is 0 Å². The van der Waals surface area contributed by atoms with E-state index in [-0.39, 0.29) is 0 Å². The van der Waals surface area contributed by atoms with Crippen molar-refractivity contribution in [1.82, 2.24) is 0 Å². The minimum absolute atomic E-state index is 0.961. The predicted molar refractivity (Wildman–Crippen MR) is 209 cm³/mol. The van der Waals surface area contributed by atoms with Crippen molar-refractivity contribution in [2.75, 3.05) is 0 Å². The minimum Gasteiger partial charge on any atom is -0.0911 e. The van der Waals surface area contributed by atoms with Gasteiger partial charge in [0.05, 0.1) is 0 Å². The fraction of sp³-hybridized carbons (Fsp3) is 0. The van der Waals surface area contributed by atoms with E-state index in [9.17, 15) is 0 Å². The van der Waals surface area contributed by atoms with Crippen molar-refractivity contribution in [1.29, 1.82) is 0 Å². The molecule has 0 heteroatoms. The molecule has 0 nitrogen and oxygen atoms in total. The first-order chi connectivity index (χ1) is 23.7. The summed E-state index contributed by atoms with van der Waals surface area (Å²) in [6.45, 7) is 4.46. The smallest absolute Gasteiger partial charge is 0.0172 e. The van der Waals surface area contributed by atoms with Crippen LogP contribution in [0, 0.1) is 0 Å². The van der Waals surface area contributed by atoms with Crippen molar-refractivity contribution in [3.05, 3.63) is 252 Å². The molecule has 6 aromatic rings. The quantitative estimate of drug-likeness (QED) is 0.127. The molecule has 0 heterocycles. The lowest BCUT2D eigenvalue weighted by Gasteiger charge is -2.12. The Morgan fingerprint density at radius 3 is 1.00 bits per heavy atom. The van der Waals surface area contributed by atoms with E-state index in [4.69, 9.17) is 0 Å². The van der Waals surface area contributed by atoms with Gasteiger partial charge in [-0.1, -0.05) is 201 Å². The van der Waals surface area contributed by atoms with E-state index in [1.807, 2.05) is 12.1 Å². The maximum Gasteiger partial charge on any atom is -0.0172 e. The van der Waals surface area contributed by atoms with E-state index in [2.05, 4.69) is 213 Å². The molecule has 0 amide bonds. The summed E-state index contributed by atoms with van der Waals surface area (Å²) < 4.78 is 0. The lowest BCUT2D eigenvalue weighted by Crippen LogP contribution is -1.90. The molecule has 0 aliphatic rings. The van der Waals surface area contributed by atoms with Gasteiger partial charge in [-0.15, -0.1) is 0 Å². The average Bonchev–Trinajstić information content (AvgIpc) is 3.17. The fourth-order valence-corrected chi connectivity index (χ4v) is 5.55. The molecule has 0 saturated carbocycles. The van der Waals surface area contributed by atoms with Gasteiger partial charge in [0.15, 0.2) is 0 Å². The van der Waals surface area contributed by atoms with Crippen LogP contribution in [0.25, 0.3) is 33.9 Å². The van der Waals surface area contributed by atoms with Crippen LogP contribution in [0.1, 0.15) is 33.4 Å². The van der Waals surface area contributed by atoms with E-state index in [0.717, 1.165) is 61.2 Å². The maximum absolute atomic E-state index is 4.46. The van der Waals surface area contributed by atoms with E-state index < -0.39 is 0 Å². The van der Waals surface area contributed by atoms with Crippen LogP contribution in [0.2, 0.25) is 0 Å². The number of hydrogen-bond acceptors (Lipinski definition) is 0. The number of benzene rings is 6. The summed E-state index contributed by atoms with van der Waals surface area (Å²) in [5.41, 5.74) is 12.2. The molecule has 0 aliphatic carbocycles. The molecule has 0 fully saturated rings. The molecule has 230 valence electrons. The minimum atomic E-state index is 0.961. The van der Waals surface area contributed by atoms with Gasteiger partial charge in [0.25, 0.3) is 0 Å². The zero-order chi connectivity index (χ0) is 32.8. The second-order valence-corrected chi connectivity index (χ2v) is 11.5. The third kappa shape index (κ3) is 8.72. The van der Waals surface area contributed by atoms with Gasteiger partial charge in [-0.05, 0) is 85.6 Å². The Morgan fingerprint density at radius 1 is 0.312 bits per heavy atom. The van der Waals surface area contributed by atoms with Crippen molar-refractivity contribution in [3.8, 4) is 0 Å². The molecule has 0 saturated heterocycles. The van der Waals surface area contributed by atoms with Crippen LogP contribution < -0.4 is 0 Å². The van der Waals surface area contributed by atoms with Crippen LogP contribution in [0.4, 0.5) is 0 Å². The highest BCUT2D eigenvalue weighted by Gasteiger charge is 2.09. The van der Waals surface area contributed by atoms with Crippen LogP contribution in [0.5, 0.6) is 0 Å². The van der Waals surface area contributed by atoms with Gasteiger partial charge < -0.3 is 0 Å². The Balaban J connectivity index is 1.56. The molecule has 6 aromatic carbocycles. The van der Waals surface area contributed by atoms with Crippen molar-refractivity contribution in [2.45, 2.75) is 0 Å². The van der Waals surface area contributed by atoms with Crippen LogP contribution >= 0.6 is 0 Å². The third-order valence-electron chi connectivity index (χ3n) is 8.09. The van der Waals surface area contributed by atoms with Crippen LogP contribution in [0.3, 0.4) is 0 Å². The van der Waals surface area contributed by atoms with Crippen LogP contribution in [0.15, 0.2) is 219 Å². The largest absolute Gasteiger partial charge is 0.0911 e. The fourth-order valence-electron chi connectivity index (χ4n) is 5.55. The van der Waals surface area contributed by atoms with E-state index in [1.165, 1.54) is 0 Å². The van der Waals surface area contributed by atoms with Crippen molar-refractivity contribution in [2.24, 2.45) is 0 Å². The van der Waals surface area contributed by atoms with Crippen molar-refractivity contribution >= 4 is 33.9 Å². The van der Waals surface area contributed by atoms with Gasteiger partial charge in [0.1, 0.15) is 0 Å². The molecule has 0 N–H and O–H groups in total. The second kappa shape index (κ2) is 16.4.